The van der Waals surface area contributed by atoms with E-state index in [4.69, 9.17) is 4.74 Å². The largest absolute Gasteiger partial charge is 0.497 e. The Bertz CT molecular complexity index is 1050. The summed E-state index contributed by atoms with van der Waals surface area (Å²) in [6, 6.07) is 17.6. The van der Waals surface area contributed by atoms with Gasteiger partial charge in [0.15, 0.2) is 5.82 Å². The smallest absolute Gasteiger partial charge is 0.227 e. The predicted octanol–water partition coefficient (Wildman–Crippen LogP) is 5.08. The Labute approximate surface area is 190 Å². The molecule has 1 aliphatic rings. The third-order valence-electron chi connectivity index (χ3n) is 5.65. The zero-order valence-corrected chi connectivity index (χ0v) is 19.2. The molecule has 0 atom stereocenters. The number of anilines is 2. The van der Waals surface area contributed by atoms with Crippen LogP contribution in [0.4, 0.5) is 11.5 Å². The molecule has 3 aromatic rings. The van der Waals surface area contributed by atoms with Crippen molar-refractivity contribution in [3.63, 3.8) is 0 Å². The standard InChI is InChI=1S/C24H25BrN4O2/c1-16-15-19(5-8-21(16)25)26-24(30)18-11-13-29(14-12-18)23-10-9-22(27-28-23)17-3-6-20(31-2)7-4-17/h3-10,15,18H,11-14H2,1-2H3,(H,26,30). The van der Waals surface area contributed by atoms with E-state index in [9.17, 15) is 4.79 Å². The van der Waals surface area contributed by atoms with Crippen molar-refractivity contribution in [3.05, 3.63) is 64.6 Å². The van der Waals surface area contributed by atoms with Crippen molar-refractivity contribution in [2.45, 2.75) is 19.8 Å². The zero-order chi connectivity index (χ0) is 21.8. The average molecular weight is 481 g/mol. The molecule has 0 saturated carbocycles. The molecule has 1 N–H and O–H groups in total. The van der Waals surface area contributed by atoms with Gasteiger partial charge in [0.05, 0.1) is 12.8 Å². The lowest BCUT2D eigenvalue weighted by molar-refractivity contribution is -0.120. The maximum absolute atomic E-state index is 12.7. The first-order valence-electron chi connectivity index (χ1n) is 10.3. The summed E-state index contributed by atoms with van der Waals surface area (Å²) in [6.45, 7) is 3.58. The van der Waals surface area contributed by atoms with Crippen molar-refractivity contribution >= 4 is 33.3 Å². The van der Waals surface area contributed by atoms with Gasteiger partial charge < -0.3 is 15.0 Å². The molecule has 1 fully saturated rings. The van der Waals surface area contributed by atoms with Gasteiger partial charge in [0, 0.05) is 34.7 Å². The highest BCUT2D eigenvalue weighted by Gasteiger charge is 2.26. The summed E-state index contributed by atoms with van der Waals surface area (Å²) in [5.74, 6) is 1.75. The van der Waals surface area contributed by atoms with Crippen LogP contribution in [0.15, 0.2) is 59.1 Å². The number of carbonyl (C=O) groups excluding carboxylic acids is 1. The molecule has 4 rings (SSSR count). The van der Waals surface area contributed by atoms with Crippen LogP contribution < -0.4 is 15.0 Å². The van der Waals surface area contributed by atoms with E-state index in [1.807, 2.05) is 61.5 Å². The van der Waals surface area contributed by atoms with Crippen LogP contribution in [-0.2, 0) is 4.79 Å². The van der Waals surface area contributed by atoms with Crippen molar-refractivity contribution < 1.29 is 9.53 Å². The molecule has 0 aliphatic carbocycles. The van der Waals surface area contributed by atoms with E-state index in [2.05, 4.69) is 36.3 Å². The molecule has 2 aromatic carbocycles. The highest BCUT2D eigenvalue weighted by Crippen LogP contribution is 2.26. The maximum Gasteiger partial charge on any atom is 0.227 e. The van der Waals surface area contributed by atoms with Crippen LogP contribution in [-0.4, -0.2) is 36.3 Å². The molecule has 0 unspecified atom stereocenters. The summed E-state index contributed by atoms with van der Waals surface area (Å²) in [7, 11) is 1.65. The molecule has 1 aromatic heterocycles. The highest BCUT2D eigenvalue weighted by molar-refractivity contribution is 9.10. The average Bonchev–Trinajstić information content (AvgIpc) is 2.82. The van der Waals surface area contributed by atoms with Crippen molar-refractivity contribution in [2.75, 3.05) is 30.4 Å². The number of hydrogen-bond donors (Lipinski definition) is 1. The van der Waals surface area contributed by atoms with Gasteiger partial charge in [-0.25, -0.2) is 0 Å². The van der Waals surface area contributed by atoms with Crippen LogP contribution in [0.2, 0.25) is 0 Å². The van der Waals surface area contributed by atoms with E-state index in [0.717, 1.165) is 64.5 Å². The third kappa shape index (κ3) is 5.05. The zero-order valence-electron chi connectivity index (χ0n) is 17.6. The first-order chi connectivity index (χ1) is 15.0. The van der Waals surface area contributed by atoms with E-state index in [0.29, 0.717) is 0 Å². The van der Waals surface area contributed by atoms with Gasteiger partial charge in [-0.1, -0.05) is 15.9 Å². The molecule has 1 amide bonds. The molecule has 0 radical (unpaired) electrons. The Morgan fingerprint density at radius 2 is 1.81 bits per heavy atom. The van der Waals surface area contributed by atoms with Crippen LogP contribution in [0.25, 0.3) is 11.3 Å². The first-order valence-corrected chi connectivity index (χ1v) is 11.1. The Kier molecular flexibility index (Phi) is 6.51. The molecule has 2 heterocycles. The number of methoxy groups -OCH3 is 1. The number of halogens is 1. The second-order valence-corrected chi connectivity index (χ2v) is 8.57. The molecule has 7 heteroatoms. The molecule has 31 heavy (non-hydrogen) atoms. The molecule has 6 nitrogen and oxygen atoms in total. The minimum Gasteiger partial charge on any atom is -0.497 e. The predicted molar refractivity (Wildman–Crippen MR) is 126 cm³/mol. The molecule has 0 spiro atoms. The van der Waals surface area contributed by atoms with E-state index in [-0.39, 0.29) is 11.8 Å². The Morgan fingerprint density at radius 3 is 2.42 bits per heavy atom. The number of aryl methyl sites for hydroxylation is 1. The third-order valence-corrected chi connectivity index (χ3v) is 6.54. The lowest BCUT2D eigenvalue weighted by Crippen LogP contribution is -2.38. The first kappa shape index (κ1) is 21.3. The number of rotatable bonds is 5. The van der Waals surface area contributed by atoms with E-state index < -0.39 is 0 Å². The minimum atomic E-state index is 0.00624. The van der Waals surface area contributed by atoms with Gasteiger partial charge in [0.2, 0.25) is 5.91 Å². The normalized spacial score (nSPS) is 14.4. The quantitative estimate of drug-likeness (QED) is 0.551. The number of aromatic nitrogens is 2. The van der Waals surface area contributed by atoms with Gasteiger partial charge in [-0.15, -0.1) is 10.2 Å². The van der Waals surface area contributed by atoms with Gasteiger partial charge in [-0.2, -0.15) is 0 Å². The highest BCUT2D eigenvalue weighted by atomic mass is 79.9. The second kappa shape index (κ2) is 9.47. The number of hydrogen-bond acceptors (Lipinski definition) is 5. The molecule has 1 aliphatic heterocycles. The molecular formula is C24H25BrN4O2. The molecule has 1 saturated heterocycles. The number of ether oxygens (including phenoxy) is 1. The van der Waals surface area contributed by atoms with Gasteiger partial charge in [0.1, 0.15) is 5.75 Å². The molecule has 160 valence electrons. The maximum atomic E-state index is 12.7. The summed E-state index contributed by atoms with van der Waals surface area (Å²) in [4.78, 5) is 14.9. The topological polar surface area (TPSA) is 67.3 Å². The number of nitrogens with one attached hydrogen (secondary N) is 1. The molecular weight excluding hydrogens is 456 g/mol. The second-order valence-electron chi connectivity index (χ2n) is 7.72. The van der Waals surface area contributed by atoms with Crippen molar-refractivity contribution in [2.24, 2.45) is 5.92 Å². The van der Waals surface area contributed by atoms with Gasteiger partial charge in [-0.3, -0.25) is 4.79 Å². The van der Waals surface area contributed by atoms with Crippen LogP contribution in [0, 0.1) is 12.8 Å². The SMILES string of the molecule is COc1ccc(-c2ccc(N3CCC(C(=O)Nc4ccc(Br)c(C)c4)CC3)nn2)cc1. The van der Waals surface area contributed by atoms with Crippen molar-refractivity contribution in [1.82, 2.24) is 10.2 Å². The van der Waals surface area contributed by atoms with Crippen molar-refractivity contribution in [1.29, 1.82) is 0 Å². The summed E-state index contributed by atoms with van der Waals surface area (Å²) in [6.07, 6.45) is 1.59. The Balaban J connectivity index is 1.33. The van der Waals surface area contributed by atoms with E-state index in [1.165, 1.54) is 0 Å². The lowest BCUT2D eigenvalue weighted by atomic mass is 9.95. The fourth-order valence-electron chi connectivity index (χ4n) is 3.75. The van der Waals surface area contributed by atoms with Crippen LogP contribution in [0.5, 0.6) is 5.75 Å². The fraction of sp³-hybridized carbons (Fsp3) is 0.292. The molecule has 0 bridgehead atoms. The van der Waals surface area contributed by atoms with E-state index in [1.54, 1.807) is 7.11 Å². The Hall–Kier alpha value is -2.93. The van der Waals surface area contributed by atoms with Crippen LogP contribution in [0.3, 0.4) is 0 Å². The Morgan fingerprint density at radius 1 is 1.06 bits per heavy atom. The van der Waals surface area contributed by atoms with Crippen LogP contribution >= 0.6 is 15.9 Å². The fourth-order valence-corrected chi connectivity index (χ4v) is 3.99. The van der Waals surface area contributed by atoms with Crippen LogP contribution in [0.1, 0.15) is 18.4 Å². The van der Waals surface area contributed by atoms with Gasteiger partial charge >= 0.3 is 0 Å². The van der Waals surface area contributed by atoms with Gasteiger partial charge in [0.25, 0.3) is 0 Å². The van der Waals surface area contributed by atoms with Gasteiger partial charge in [-0.05, 0) is 79.9 Å². The number of amides is 1. The number of piperidine rings is 1. The monoisotopic (exact) mass is 480 g/mol. The number of carbonyl (C=O) groups is 1. The van der Waals surface area contributed by atoms with E-state index >= 15 is 0 Å². The minimum absolute atomic E-state index is 0.00624. The van der Waals surface area contributed by atoms with Crippen molar-refractivity contribution in [3.8, 4) is 17.0 Å². The number of nitrogens with zero attached hydrogens (tertiary/aromatic N) is 3. The summed E-state index contributed by atoms with van der Waals surface area (Å²) in [5.41, 5.74) is 3.77. The number of benzene rings is 2. The summed E-state index contributed by atoms with van der Waals surface area (Å²) in [5, 5.41) is 11.9. The lowest BCUT2D eigenvalue weighted by Gasteiger charge is -2.31. The summed E-state index contributed by atoms with van der Waals surface area (Å²) >= 11 is 3.49. The summed E-state index contributed by atoms with van der Waals surface area (Å²) < 4.78 is 6.24.